The molecule has 20 heavy (non-hydrogen) atoms. The predicted molar refractivity (Wildman–Crippen MR) is 78.5 cm³/mol. The van der Waals surface area contributed by atoms with Crippen LogP contribution in [0.5, 0.6) is 0 Å². The molecule has 5 nitrogen and oxygen atoms in total. The van der Waals surface area contributed by atoms with Gasteiger partial charge in [-0.2, -0.15) is 0 Å². The van der Waals surface area contributed by atoms with E-state index in [4.69, 9.17) is 11.6 Å². The second-order valence-corrected chi connectivity index (χ2v) is 7.21. The Labute approximate surface area is 123 Å². The number of nitrogens with zero attached hydrogens (tertiary/aromatic N) is 3. The summed E-state index contributed by atoms with van der Waals surface area (Å²) in [7, 11) is -3.55. The predicted octanol–water partition coefficient (Wildman–Crippen LogP) is 1.80. The lowest BCUT2D eigenvalue weighted by molar-refractivity contribution is 0.299. The summed E-state index contributed by atoms with van der Waals surface area (Å²) in [5.41, 5.74) is 0. The second kappa shape index (κ2) is 5.26. The third-order valence-electron chi connectivity index (χ3n) is 3.54. The zero-order chi connectivity index (χ0) is 14.2. The van der Waals surface area contributed by atoms with Crippen molar-refractivity contribution in [1.82, 2.24) is 9.21 Å². The van der Waals surface area contributed by atoms with Crippen LogP contribution in [0, 0.1) is 0 Å². The fourth-order valence-electron chi connectivity index (χ4n) is 2.56. The number of rotatable bonds is 2. The average Bonchev–Trinajstić information content (AvgIpc) is 2.47. The van der Waals surface area contributed by atoms with E-state index in [0.717, 1.165) is 25.9 Å². The fourth-order valence-corrected chi connectivity index (χ4v) is 4.17. The van der Waals surface area contributed by atoms with Gasteiger partial charge in [0.15, 0.2) is 0 Å². The van der Waals surface area contributed by atoms with E-state index >= 15 is 0 Å². The van der Waals surface area contributed by atoms with E-state index in [1.165, 1.54) is 4.31 Å². The molecule has 0 amide bonds. The van der Waals surface area contributed by atoms with Crippen molar-refractivity contribution in [2.45, 2.75) is 17.7 Å². The molecule has 1 aromatic rings. The van der Waals surface area contributed by atoms with E-state index in [1.807, 2.05) is 0 Å². The van der Waals surface area contributed by atoms with Crippen LogP contribution in [0.1, 0.15) is 12.8 Å². The van der Waals surface area contributed by atoms with Crippen molar-refractivity contribution in [3.63, 3.8) is 0 Å². The number of aliphatic imine (C=N–C) groups is 1. The van der Waals surface area contributed by atoms with Crippen LogP contribution in [0.25, 0.3) is 0 Å². The van der Waals surface area contributed by atoms with Crippen molar-refractivity contribution in [2.75, 3.05) is 26.2 Å². The van der Waals surface area contributed by atoms with Crippen LogP contribution in [0.15, 0.2) is 34.2 Å². The molecular weight excluding hydrogens is 298 g/mol. The van der Waals surface area contributed by atoms with Gasteiger partial charge < -0.3 is 4.90 Å². The molecule has 0 N–H and O–H groups in total. The van der Waals surface area contributed by atoms with Gasteiger partial charge in [-0.05, 0) is 37.1 Å². The van der Waals surface area contributed by atoms with Gasteiger partial charge in [-0.25, -0.2) is 12.7 Å². The molecule has 0 aromatic heterocycles. The molecule has 0 unspecified atom stereocenters. The minimum atomic E-state index is -3.55. The van der Waals surface area contributed by atoms with Crippen molar-refractivity contribution in [3.8, 4) is 0 Å². The van der Waals surface area contributed by atoms with Gasteiger partial charge in [0.2, 0.25) is 5.96 Å². The molecule has 0 bridgehead atoms. The Morgan fingerprint density at radius 1 is 1.05 bits per heavy atom. The molecule has 0 atom stereocenters. The summed E-state index contributed by atoms with van der Waals surface area (Å²) in [5.74, 6) is 0.595. The largest absolute Gasteiger partial charge is 0.342 e. The minimum absolute atomic E-state index is 0.261. The monoisotopic (exact) mass is 313 g/mol. The maximum absolute atomic E-state index is 12.7. The number of guanidine groups is 1. The number of fused-ring (bicyclic) bond motifs is 1. The maximum Gasteiger partial charge on any atom is 0.266 e. The van der Waals surface area contributed by atoms with Crippen molar-refractivity contribution < 1.29 is 8.42 Å². The van der Waals surface area contributed by atoms with E-state index in [9.17, 15) is 8.42 Å². The molecule has 0 saturated carbocycles. The van der Waals surface area contributed by atoms with E-state index in [2.05, 4.69) is 9.89 Å². The van der Waals surface area contributed by atoms with Gasteiger partial charge in [-0.3, -0.25) is 4.99 Å². The molecule has 1 saturated heterocycles. The highest BCUT2D eigenvalue weighted by Crippen LogP contribution is 2.23. The minimum Gasteiger partial charge on any atom is -0.342 e. The zero-order valence-corrected chi connectivity index (χ0v) is 12.6. The van der Waals surface area contributed by atoms with E-state index in [-0.39, 0.29) is 4.90 Å². The maximum atomic E-state index is 12.7. The Bertz CT molecular complexity index is 628. The van der Waals surface area contributed by atoms with Crippen molar-refractivity contribution in [2.24, 2.45) is 4.99 Å². The van der Waals surface area contributed by atoms with Gasteiger partial charge in [0.1, 0.15) is 0 Å². The zero-order valence-electron chi connectivity index (χ0n) is 11.0. The summed E-state index contributed by atoms with van der Waals surface area (Å²) in [4.78, 5) is 6.72. The molecule has 1 fully saturated rings. The standard InChI is InChI=1S/C13H16ClN3O2S/c14-11-3-5-12(6-4-11)20(18,19)17-10-2-9-16-8-1-7-15-13(16)17/h3-6H,1-2,7-10H2. The lowest BCUT2D eigenvalue weighted by Crippen LogP contribution is -2.54. The van der Waals surface area contributed by atoms with Crippen molar-refractivity contribution in [1.29, 1.82) is 0 Å². The van der Waals surface area contributed by atoms with E-state index in [0.29, 0.717) is 24.1 Å². The van der Waals surface area contributed by atoms with Crippen LogP contribution in [-0.2, 0) is 10.0 Å². The van der Waals surface area contributed by atoms with Gasteiger partial charge in [0.25, 0.3) is 10.0 Å². The van der Waals surface area contributed by atoms with Gasteiger partial charge in [0.05, 0.1) is 4.90 Å². The van der Waals surface area contributed by atoms with Crippen LogP contribution < -0.4 is 0 Å². The summed E-state index contributed by atoms with van der Waals surface area (Å²) in [5, 5.41) is 0.527. The Hall–Kier alpha value is -1.27. The summed E-state index contributed by atoms with van der Waals surface area (Å²) >= 11 is 5.82. The number of hydrogen-bond donors (Lipinski definition) is 0. The Balaban J connectivity index is 1.97. The van der Waals surface area contributed by atoms with Crippen LogP contribution in [0.3, 0.4) is 0 Å². The topological polar surface area (TPSA) is 53.0 Å². The molecular formula is C13H16ClN3O2S. The molecule has 2 aliphatic heterocycles. The molecule has 108 valence electrons. The first-order chi connectivity index (χ1) is 9.59. The summed E-state index contributed by atoms with van der Waals surface area (Å²) in [6.07, 6.45) is 1.81. The molecule has 1 aromatic carbocycles. The fraction of sp³-hybridized carbons (Fsp3) is 0.462. The van der Waals surface area contributed by atoms with Crippen LogP contribution >= 0.6 is 11.6 Å². The summed E-state index contributed by atoms with van der Waals surface area (Å²) < 4.78 is 26.9. The van der Waals surface area contributed by atoms with Gasteiger partial charge in [-0.15, -0.1) is 0 Å². The first kappa shape index (κ1) is 13.7. The van der Waals surface area contributed by atoms with E-state index in [1.54, 1.807) is 24.3 Å². The molecule has 2 aliphatic rings. The first-order valence-electron chi connectivity index (χ1n) is 6.67. The van der Waals surface area contributed by atoms with Crippen molar-refractivity contribution >= 4 is 27.6 Å². The Morgan fingerprint density at radius 3 is 2.50 bits per heavy atom. The Morgan fingerprint density at radius 2 is 1.75 bits per heavy atom. The summed E-state index contributed by atoms with van der Waals surface area (Å²) in [6, 6.07) is 6.28. The highest BCUT2D eigenvalue weighted by atomic mass is 35.5. The van der Waals surface area contributed by atoms with Gasteiger partial charge >= 0.3 is 0 Å². The van der Waals surface area contributed by atoms with Crippen LogP contribution in [0.4, 0.5) is 0 Å². The molecule has 0 spiro atoms. The second-order valence-electron chi connectivity index (χ2n) is 4.91. The summed E-state index contributed by atoms with van der Waals surface area (Å²) in [6.45, 7) is 2.94. The molecule has 7 heteroatoms. The number of hydrogen-bond acceptors (Lipinski definition) is 4. The quantitative estimate of drug-likeness (QED) is 0.836. The lowest BCUT2D eigenvalue weighted by atomic mass is 10.2. The number of benzene rings is 1. The average molecular weight is 314 g/mol. The van der Waals surface area contributed by atoms with Crippen LogP contribution in [-0.4, -0.2) is 49.8 Å². The number of sulfonamides is 1. The highest BCUT2D eigenvalue weighted by Gasteiger charge is 2.34. The molecule has 0 radical (unpaired) electrons. The van der Waals surface area contributed by atoms with Gasteiger partial charge in [-0.1, -0.05) is 11.6 Å². The lowest BCUT2D eigenvalue weighted by Gasteiger charge is -2.40. The van der Waals surface area contributed by atoms with Crippen LogP contribution in [0.2, 0.25) is 5.02 Å². The van der Waals surface area contributed by atoms with Crippen molar-refractivity contribution in [3.05, 3.63) is 29.3 Å². The molecule has 0 aliphatic carbocycles. The molecule has 3 rings (SSSR count). The van der Waals surface area contributed by atoms with E-state index < -0.39 is 10.0 Å². The normalized spacial score (nSPS) is 19.6. The Kier molecular flexibility index (Phi) is 3.60. The highest BCUT2D eigenvalue weighted by molar-refractivity contribution is 7.89. The molecule has 2 heterocycles. The van der Waals surface area contributed by atoms with Gasteiger partial charge in [0, 0.05) is 31.2 Å². The smallest absolute Gasteiger partial charge is 0.266 e. The number of halogens is 1. The first-order valence-corrected chi connectivity index (χ1v) is 8.48. The third-order valence-corrected chi connectivity index (χ3v) is 5.58. The SMILES string of the molecule is O=S(=O)(c1ccc(Cl)cc1)N1CCCN2CCCN=C21. The third kappa shape index (κ3) is 2.38.